The Morgan fingerprint density at radius 3 is 2.88 bits per heavy atom. The number of aryl methyl sites for hydroxylation is 1. The van der Waals surface area contributed by atoms with Crippen molar-refractivity contribution in [1.82, 2.24) is 20.1 Å². The first-order chi connectivity index (χ1) is 16.5. The maximum absolute atomic E-state index is 13.1. The van der Waals surface area contributed by atoms with Gasteiger partial charge in [0.25, 0.3) is 0 Å². The lowest BCUT2D eigenvalue weighted by Gasteiger charge is -2.16. The molecule has 1 N–H and O–H groups in total. The third-order valence-corrected chi connectivity index (χ3v) is 9.03. The second-order valence-electron chi connectivity index (χ2n) is 9.74. The zero-order valence-corrected chi connectivity index (χ0v) is 20.4. The van der Waals surface area contributed by atoms with Crippen LogP contribution in [0.4, 0.5) is 0 Å². The fourth-order valence-electron chi connectivity index (χ4n) is 5.50. The zero-order valence-electron chi connectivity index (χ0n) is 18.8. The number of thiophene rings is 1. The quantitative estimate of drug-likeness (QED) is 0.602. The molecule has 2 aliphatic carbocycles. The Hall–Kier alpha value is -2.55. The van der Waals surface area contributed by atoms with Crippen molar-refractivity contribution in [3.63, 3.8) is 0 Å². The lowest BCUT2D eigenvalue weighted by molar-refractivity contribution is -0.125. The third-order valence-electron chi connectivity index (χ3n) is 7.46. The van der Waals surface area contributed by atoms with E-state index in [0.29, 0.717) is 18.1 Å². The summed E-state index contributed by atoms with van der Waals surface area (Å²) in [6.45, 7) is 3.33. The first-order valence-electron chi connectivity index (χ1n) is 11.8. The highest BCUT2D eigenvalue weighted by Gasteiger charge is 2.52. The van der Waals surface area contributed by atoms with Gasteiger partial charge in [0.05, 0.1) is 18.4 Å². The average Bonchev–Trinajstić information content (AvgIpc) is 3.21. The molecular weight excluding hydrogens is 470 g/mol. The first-order valence-corrected chi connectivity index (χ1v) is 13.0. The lowest BCUT2D eigenvalue weighted by Crippen LogP contribution is -2.39. The summed E-state index contributed by atoms with van der Waals surface area (Å²) >= 11 is 8.46. The molecule has 1 spiro atoms. The van der Waals surface area contributed by atoms with E-state index in [9.17, 15) is 4.79 Å². The molecule has 2 fully saturated rings. The summed E-state index contributed by atoms with van der Waals surface area (Å²) in [6.07, 6.45) is 4.23. The number of amides is 1. The number of hydrogen-bond acceptors (Lipinski definition) is 6. The van der Waals surface area contributed by atoms with Gasteiger partial charge in [0.2, 0.25) is 5.91 Å². The van der Waals surface area contributed by atoms with Crippen molar-refractivity contribution in [3.05, 3.63) is 62.5 Å². The molecule has 3 aromatic rings. The smallest absolute Gasteiger partial charge is 0.224 e. The van der Waals surface area contributed by atoms with E-state index in [0.717, 1.165) is 65.8 Å². The minimum absolute atomic E-state index is 0.0701. The van der Waals surface area contributed by atoms with Crippen molar-refractivity contribution in [2.75, 3.05) is 13.2 Å². The fourth-order valence-corrected chi connectivity index (χ4v) is 7.19. The Morgan fingerprint density at radius 2 is 2.12 bits per heavy atom. The van der Waals surface area contributed by atoms with E-state index < -0.39 is 0 Å². The number of hydrogen-bond donors (Lipinski definition) is 1. The van der Waals surface area contributed by atoms with Crippen molar-refractivity contribution >= 4 is 34.6 Å². The molecule has 4 aliphatic rings. The van der Waals surface area contributed by atoms with Gasteiger partial charge in [-0.2, -0.15) is 0 Å². The van der Waals surface area contributed by atoms with Crippen molar-refractivity contribution in [1.29, 1.82) is 0 Å². The molecule has 0 unspecified atom stereocenters. The minimum atomic E-state index is -0.348. The van der Waals surface area contributed by atoms with Crippen LogP contribution in [0.1, 0.15) is 52.5 Å². The normalized spacial score (nSPS) is 23.8. The Labute approximate surface area is 206 Å². The predicted octanol–water partition coefficient (Wildman–Crippen LogP) is 3.75. The molecule has 2 aliphatic heterocycles. The number of aliphatic imine (C=N–C) groups is 1. The van der Waals surface area contributed by atoms with Gasteiger partial charge in [0, 0.05) is 33.6 Å². The van der Waals surface area contributed by atoms with E-state index in [1.807, 2.05) is 31.2 Å². The molecular formula is C25H24ClN5O2S. The van der Waals surface area contributed by atoms with Crippen LogP contribution in [0.2, 0.25) is 5.02 Å². The van der Waals surface area contributed by atoms with Gasteiger partial charge in [-0.3, -0.25) is 14.4 Å². The van der Waals surface area contributed by atoms with Crippen LogP contribution in [0.5, 0.6) is 0 Å². The van der Waals surface area contributed by atoms with Crippen LogP contribution >= 0.6 is 22.9 Å². The molecule has 4 heterocycles. The maximum atomic E-state index is 13.1. The predicted molar refractivity (Wildman–Crippen MR) is 130 cm³/mol. The topological polar surface area (TPSA) is 81.4 Å². The molecule has 1 aromatic carbocycles. The van der Waals surface area contributed by atoms with E-state index in [-0.39, 0.29) is 23.4 Å². The molecule has 2 atom stereocenters. The minimum Gasteiger partial charge on any atom is -0.379 e. The van der Waals surface area contributed by atoms with Crippen molar-refractivity contribution < 1.29 is 9.53 Å². The number of nitrogens with zero attached hydrogens (tertiary/aromatic N) is 4. The van der Waals surface area contributed by atoms with Gasteiger partial charge in [0.15, 0.2) is 5.82 Å². The van der Waals surface area contributed by atoms with Crippen LogP contribution in [0, 0.1) is 12.8 Å². The number of rotatable bonds is 3. The number of halogens is 1. The first kappa shape index (κ1) is 20.8. The summed E-state index contributed by atoms with van der Waals surface area (Å²) in [5, 5.41) is 14.0. The maximum Gasteiger partial charge on any atom is 0.224 e. The summed E-state index contributed by atoms with van der Waals surface area (Å²) in [5.74, 6) is 1.84. The molecule has 9 heteroatoms. The van der Waals surface area contributed by atoms with Gasteiger partial charge >= 0.3 is 0 Å². The van der Waals surface area contributed by atoms with Crippen molar-refractivity contribution in [2.24, 2.45) is 10.9 Å². The summed E-state index contributed by atoms with van der Waals surface area (Å²) in [7, 11) is 0. The van der Waals surface area contributed by atoms with Crippen LogP contribution in [-0.4, -0.2) is 45.6 Å². The van der Waals surface area contributed by atoms with Crippen LogP contribution in [-0.2, 0) is 27.9 Å². The van der Waals surface area contributed by atoms with Crippen molar-refractivity contribution in [2.45, 2.75) is 50.6 Å². The van der Waals surface area contributed by atoms with E-state index in [4.69, 9.17) is 21.3 Å². The highest BCUT2D eigenvalue weighted by molar-refractivity contribution is 7.15. The SMILES string of the molecule is Cc1nnc2n1-c1sc3c(c1C(c1ccccc1Cl)=NC21CC1)C[C@H](C(=O)N[C@@H]1CCOC1)C3. The summed E-state index contributed by atoms with van der Waals surface area (Å²) < 4.78 is 7.63. The van der Waals surface area contributed by atoms with Gasteiger partial charge in [-0.1, -0.05) is 29.8 Å². The Bertz CT molecular complexity index is 1370. The largest absolute Gasteiger partial charge is 0.379 e. The molecule has 174 valence electrons. The molecule has 34 heavy (non-hydrogen) atoms. The van der Waals surface area contributed by atoms with E-state index >= 15 is 0 Å². The second-order valence-corrected chi connectivity index (χ2v) is 11.2. The molecule has 1 saturated carbocycles. The van der Waals surface area contributed by atoms with E-state index in [1.165, 1.54) is 10.4 Å². The number of fused-ring (bicyclic) bond motifs is 6. The molecule has 7 nitrogen and oxygen atoms in total. The highest BCUT2D eigenvalue weighted by atomic mass is 35.5. The Kier molecular flexibility index (Phi) is 4.57. The van der Waals surface area contributed by atoms with Gasteiger partial charge in [-0.05, 0) is 50.7 Å². The van der Waals surface area contributed by atoms with E-state index in [2.05, 4.69) is 20.1 Å². The monoisotopic (exact) mass is 493 g/mol. The van der Waals surface area contributed by atoms with Gasteiger partial charge < -0.3 is 10.1 Å². The van der Waals surface area contributed by atoms with Crippen LogP contribution in [0.3, 0.4) is 0 Å². The molecule has 0 bridgehead atoms. The van der Waals surface area contributed by atoms with Gasteiger partial charge in [-0.15, -0.1) is 21.5 Å². The summed E-state index contributed by atoms with van der Waals surface area (Å²) in [6, 6.07) is 8.04. The van der Waals surface area contributed by atoms with Crippen molar-refractivity contribution in [3.8, 4) is 5.00 Å². The molecule has 1 amide bonds. The number of ether oxygens (including phenoxy) is 1. The number of aromatic nitrogens is 3. The summed E-state index contributed by atoms with van der Waals surface area (Å²) in [4.78, 5) is 19.7. The number of benzene rings is 1. The Morgan fingerprint density at radius 1 is 1.26 bits per heavy atom. The summed E-state index contributed by atoms with van der Waals surface area (Å²) in [5.41, 5.74) is 3.83. The van der Waals surface area contributed by atoms with Crippen LogP contribution in [0.15, 0.2) is 29.3 Å². The number of carbonyl (C=O) groups excluding carboxylic acids is 1. The molecule has 0 radical (unpaired) electrons. The van der Waals surface area contributed by atoms with Gasteiger partial charge in [-0.25, -0.2) is 0 Å². The van der Waals surface area contributed by atoms with Crippen LogP contribution < -0.4 is 5.32 Å². The van der Waals surface area contributed by atoms with Crippen LogP contribution in [0.25, 0.3) is 5.00 Å². The number of nitrogens with one attached hydrogen (secondary N) is 1. The lowest BCUT2D eigenvalue weighted by atomic mass is 9.97. The molecule has 1 saturated heterocycles. The third kappa shape index (κ3) is 3.05. The highest BCUT2D eigenvalue weighted by Crippen LogP contribution is 2.54. The van der Waals surface area contributed by atoms with Gasteiger partial charge in [0.1, 0.15) is 16.4 Å². The van der Waals surface area contributed by atoms with E-state index in [1.54, 1.807) is 11.3 Å². The average molecular weight is 494 g/mol. The standard InChI is InChI=1S/C25H24ClN5O2S/c1-13-29-30-24-25(7-8-25)28-21(16-4-2-3-5-18(16)26)20-17-10-14(11-19(17)34-23(20)31(13)24)22(32)27-15-6-9-33-12-15/h2-5,14-15H,6-12H2,1H3,(H,27,32)/t14-,15+/m0/s1. The fraction of sp³-hybridized carbons (Fsp3) is 0.440. The Balaban J connectivity index is 1.36. The zero-order chi connectivity index (χ0) is 23.0. The second kappa shape index (κ2) is 7.47. The number of carbonyl (C=O) groups is 1. The molecule has 7 rings (SSSR count). The molecule has 2 aromatic heterocycles.